The third-order valence-electron chi connectivity index (χ3n) is 3.02. The first-order chi connectivity index (χ1) is 9.81. The second-order valence-corrected chi connectivity index (χ2v) is 6.68. The highest BCUT2D eigenvalue weighted by atomic mass is 35.5. The Balaban J connectivity index is 2.30. The minimum Gasteiger partial charge on any atom is -0.399 e. The molecule has 0 aliphatic heterocycles. The summed E-state index contributed by atoms with van der Waals surface area (Å²) >= 11 is 5.97. The molecule has 4 nitrogen and oxygen atoms in total. The molecule has 0 saturated carbocycles. The van der Waals surface area contributed by atoms with Gasteiger partial charge >= 0.3 is 0 Å². The van der Waals surface area contributed by atoms with E-state index >= 15 is 0 Å². The van der Waals surface area contributed by atoms with Crippen LogP contribution in [0, 0.1) is 12.7 Å². The topological polar surface area (TPSA) is 72.2 Å². The molecule has 2 aromatic rings. The predicted molar refractivity (Wildman–Crippen MR) is 81.0 cm³/mol. The van der Waals surface area contributed by atoms with Crippen molar-refractivity contribution in [3.8, 4) is 0 Å². The fourth-order valence-electron chi connectivity index (χ4n) is 1.84. The van der Waals surface area contributed by atoms with Gasteiger partial charge in [0.1, 0.15) is 5.82 Å². The van der Waals surface area contributed by atoms with Crippen LogP contribution in [0.2, 0.25) is 5.02 Å². The van der Waals surface area contributed by atoms with Crippen molar-refractivity contribution in [3.05, 3.63) is 58.4 Å². The Morgan fingerprint density at radius 1 is 1.29 bits per heavy atom. The lowest BCUT2D eigenvalue weighted by Crippen LogP contribution is -2.24. The molecule has 0 fully saturated rings. The molecule has 0 bridgehead atoms. The Hall–Kier alpha value is -1.63. The highest BCUT2D eigenvalue weighted by Crippen LogP contribution is 2.22. The number of sulfonamides is 1. The number of rotatable bonds is 4. The monoisotopic (exact) mass is 328 g/mol. The zero-order valence-electron chi connectivity index (χ0n) is 11.2. The van der Waals surface area contributed by atoms with Crippen molar-refractivity contribution in [2.24, 2.45) is 0 Å². The fraction of sp³-hybridized carbons (Fsp3) is 0.143. The van der Waals surface area contributed by atoms with Crippen molar-refractivity contribution in [3.63, 3.8) is 0 Å². The van der Waals surface area contributed by atoms with E-state index < -0.39 is 15.8 Å². The number of nitrogens with two attached hydrogens (primary N) is 1. The maximum atomic E-state index is 13.6. The van der Waals surface area contributed by atoms with Gasteiger partial charge in [-0.15, -0.1) is 0 Å². The normalized spacial score (nSPS) is 11.6. The molecule has 0 aliphatic rings. The zero-order chi connectivity index (χ0) is 15.6. The van der Waals surface area contributed by atoms with Crippen LogP contribution in [0.15, 0.2) is 41.3 Å². The average molecular weight is 329 g/mol. The summed E-state index contributed by atoms with van der Waals surface area (Å²) in [6.07, 6.45) is 0. The van der Waals surface area contributed by atoms with E-state index in [9.17, 15) is 12.8 Å². The van der Waals surface area contributed by atoms with Crippen LogP contribution in [-0.2, 0) is 16.6 Å². The molecule has 0 saturated heterocycles. The summed E-state index contributed by atoms with van der Waals surface area (Å²) in [6.45, 7) is 1.40. The SMILES string of the molecule is Cc1c(F)cc(N)cc1S(=O)(=O)NCc1ccccc1Cl. The Labute approximate surface area is 127 Å². The van der Waals surface area contributed by atoms with Gasteiger partial charge < -0.3 is 5.73 Å². The summed E-state index contributed by atoms with van der Waals surface area (Å²) in [5.41, 5.74) is 6.21. The van der Waals surface area contributed by atoms with Crippen molar-refractivity contribution < 1.29 is 12.8 Å². The smallest absolute Gasteiger partial charge is 0.241 e. The second-order valence-electron chi connectivity index (χ2n) is 4.54. The number of benzene rings is 2. The summed E-state index contributed by atoms with van der Waals surface area (Å²) in [5, 5.41) is 0.454. The van der Waals surface area contributed by atoms with Gasteiger partial charge in [-0.1, -0.05) is 29.8 Å². The van der Waals surface area contributed by atoms with Crippen LogP contribution < -0.4 is 10.5 Å². The Kier molecular flexibility index (Phi) is 4.51. The molecule has 112 valence electrons. The van der Waals surface area contributed by atoms with Gasteiger partial charge in [-0.25, -0.2) is 17.5 Å². The highest BCUT2D eigenvalue weighted by molar-refractivity contribution is 7.89. The molecule has 2 aromatic carbocycles. The van der Waals surface area contributed by atoms with Crippen molar-refractivity contribution in [2.45, 2.75) is 18.4 Å². The van der Waals surface area contributed by atoms with E-state index in [1.807, 2.05) is 0 Å². The fourth-order valence-corrected chi connectivity index (χ4v) is 3.34. The van der Waals surface area contributed by atoms with Gasteiger partial charge in [0.05, 0.1) is 4.90 Å². The second kappa shape index (κ2) is 6.01. The predicted octanol–water partition coefficient (Wildman–Crippen LogP) is 2.85. The molecule has 0 heterocycles. The standard InChI is InChI=1S/C14H14ClFN2O2S/c1-9-13(16)6-11(17)7-14(9)21(19,20)18-8-10-4-2-3-5-12(10)15/h2-7,18H,8,17H2,1H3. The molecule has 21 heavy (non-hydrogen) atoms. The molecule has 0 radical (unpaired) electrons. The highest BCUT2D eigenvalue weighted by Gasteiger charge is 2.20. The van der Waals surface area contributed by atoms with Gasteiger partial charge in [0.2, 0.25) is 10.0 Å². The van der Waals surface area contributed by atoms with E-state index in [-0.39, 0.29) is 22.7 Å². The van der Waals surface area contributed by atoms with Crippen LogP contribution in [0.1, 0.15) is 11.1 Å². The number of nitrogens with one attached hydrogen (secondary N) is 1. The van der Waals surface area contributed by atoms with E-state index in [0.717, 1.165) is 6.07 Å². The van der Waals surface area contributed by atoms with Crippen LogP contribution in [0.3, 0.4) is 0 Å². The number of nitrogen functional groups attached to an aromatic ring is 1. The van der Waals surface area contributed by atoms with Gasteiger partial charge in [-0.2, -0.15) is 0 Å². The first-order valence-corrected chi connectivity index (χ1v) is 7.96. The maximum Gasteiger partial charge on any atom is 0.241 e. The lowest BCUT2D eigenvalue weighted by atomic mass is 10.2. The van der Waals surface area contributed by atoms with Gasteiger partial charge in [0.25, 0.3) is 0 Å². The van der Waals surface area contributed by atoms with Crippen LogP contribution >= 0.6 is 11.6 Å². The molecular weight excluding hydrogens is 315 g/mol. The maximum absolute atomic E-state index is 13.6. The lowest BCUT2D eigenvalue weighted by molar-refractivity contribution is 0.574. The quantitative estimate of drug-likeness (QED) is 0.848. The van der Waals surface area contributed by atoms with E-state index in [4.69, 9.17) is 17.3 Å². The van der Waals surface area contributed by atoms with Gasteiger partial charge in [-0.05, 0) is 30.7 Å². The third kappa shape index (κ3) is 3.53. The molecule has 0 spiro atoms. The number of hydrogen-bond acceptors (Lipinski definition) is 3. The molecule has 2 rings (SSSR count). The Morgan fingerprint density at radius 2 is 1.95 bits per heavy atom. The first-order valence-electron chi connectivity index (χ1n) is 6.10. The minimum atomic E-state index is -3.88. The van der Waals surface area contributed by atoms with Gasteiger partial charge in [0, 0.05) is 22.8 Å². The zero-order valence-corrected chi connectivity index (χ0v) is 12.8. The molecular formula is C14H14ClFN2O2S. The summed E-state index contributed by atoms with van der Waals surface area (Å²) in [4.78, 5) is -0.174. The van der Waals surface area contributed by atoms with Crippen molar-refractivity contribution in [1.29, 1.82) is 0 Å². The van der Waals surface area contributed by atoms with E-state index in [1.165, 1.54) is 13.0 Å². The molecule has 3 N–H and O–H groups in total. The van der Waals surface area contributed by atoms with Gasteiger partial charge in [0.15, 0.2) is 0 Å². The molecule has 0 aliphatic carbocycles. The van der Waals surface area contributed by atoms with Gasteiger partial charge in [-0.3, -0.25) is 0 Å². The van der Waals surface area contributed by atoms with Crippen molar-refractivity contribution in [2.75, 3.05) is 5.73 Å². The molecule has 7 heteroatoms. The van der Waals surface area contributed by atoms with Crippen LogP contribution in [0.5, 0.6) is 0 Å². The van der Waals surface area contributed by atoms with Crippen LogP contribution in [-0.4, -0.2) is 8.42 Å². The Bertz CT molecular complexity index is 779. The number of halogens is 2. The van der Waals surface area contributed by atoms with E-state index in [2.05, 4.69) is 4.72 Å². The molecule has 0 amide bonds. The summed E-state index contributed by atoms with van der Waals surface area (Å²) in [7, 11) is -3.88. The van der Waals surface area contributed by atoms with E-state index in [0.29, 0.717) is 10.6 Å². The minimum absolute atomic E-state index is 0.0118. The van der Waals surface area contributed by atoms with Crippen molar-refractivity contribution >= 4 is 27.3 Å². The van der Waals surface area contributed by atoms with Crippen LogP contribution in [0.4, 0.5) is 10.1 Å². The Morgan fingerprint density at radius 3 is 2.62 bits per heavy atom. The summed E-state index contributed by atoms with van der Waals surface area (Å²) in [6, 6.07) is 9.18. The number of anilines is 1. The third-order valence-corrected chi connectivity index (χ3v) is 4.92. The molecule has 0 unspecified atom stereocenters. The van der Waals surface area contributed by atoms with Crippen LogP contribution in [0.25, 0.3) is 0 Å². The molecule has 0 atom stereocenters. The average Bonchev–Trinajstić information content (AvgIpc) is 2.42. The lowest BCUT2D eigenvalue weighted by Gasteiger charge is -2.11. The largest absolute Gasteiger partial charge is 0.399 e. The molecule has 0 aromatic heterocycles. The van der Waals surface area contributed by atoms with E-state index in [1.54, 1.807) is 24.3 Å². The number of hydrogen-bond donors (Lipinski definition) is 2. The summed E-state index contributed by atoms with van der Waals surface area (Å²) in [5.74, 6) is -0.659. The van der Waals surface area contributed by atoms with Crippen molar-refractivity contribution in [1.82, 2.24) is 4.72 Å². The first kappa shape index (κ1) is 15.8. The summed E-state index contributed by atoms with van der Waals surface area (Å²) < 4.78 is 40.5.